The van der Waals surface area contributed by atoms with Gasteiger partial charge in [0.15, 0.2) is 5.82 Å². The molecule has 0 fully saturated rings. The monoisotopic (exact) mass is 351 g/mol. The van der Waals surface area contributed by atoms with Crippen molar-refractivity contribution in [2.75, 3.05) is 10.6 Å². The molecule has 0 aliphatic rings. The standard InChI is InChI=1S/C15H9ClF3N5/c16-10-6-9(2-3-11(10)18)21-14-7-20-24-15(23-14)22-13-4-1-8(17)5-12(13)19/h1-7H,(H2,21,22,23,24). The lowest BCUT2D eigenvalue weighted by Gasteiger charge is -2.08. The average molecular weight is 352 g/mol. The Morgan fingerprint density at radius 1 is 0.917 bits per heavy atom. The van der Waals surface area contributed by atoms with Crippen molar-refractivity contribution in [1.82, 2.24) is 15.2 Å². The van der Waals surface area contributed by atoms with Crippen molar-refractivity contribution in [1.29, 1.82) is 0 Å². The van der Waals surface area contributed by atoms with Crippen LogP contribution in [0.15, 0.2) is 42.6 Å². The van der Waals surface area contributed by atoms with Gasteiger partial charge in [-0.1, -0.05) is 11.6 Å². The molecule has 1 heterocycles. The van der Waals surface area contributed by atoms with Gasteiger partial charge in [0.1, 0.15) is 17.5 Å². The lowest BCUT2D eigenvalue weighted by atomic mass is 10.3. The second-order valence-corrected chi connectivity index (χ2v) is 5.08. The number of aromatic nitrogens is 3. The van der Waals surface area contributed by atoms with E-state index in [9.17, 15) is 13.2 Å². The molecule has 9 heteroatoms. The van der Waals surface area contributed by atoms with Crippen LogP contribution in [0.25, 0.3) is 0 Å². The average Bonchev–Trinajstić information content (AvgIpc) is 2.54. The minimum Gasteiger partial charge on any atom is -0.339 e. The number of nitrogens with zero attached hydrogens (tertiary/aromatic N) is 3. The summed E-state index contributed by atoms with van der Waals surface area (Å²) in [4.78, 5) is 4.09. The summed E-state index contributed by atoms with van der Waals surface area (Å²) in [6.07, 6.45) is 1.32. The number of benzene rings is 2. The molecule has 5 nitrogen and oxygen atoms in total. The quantitative estimate of drug-likeness (QED) is 0.728. The Morgan fingerprint density at radius 3 is 2.50 bits per heavy atom. The van der Waals surface area contributed by atoms with E-state index in [1.165, 1.54) is 30.5 Å². The Hall–Kier alpha value is -2.87. The van der Waals surface area contributed by atoms with Crippen molar-refractivity contribution < 1.29 is 13.2 Å². The van der Waals surface area contributed by atoms with Crippen LogP contribution in [-0.4, -0.2) is 15.2 Å². The summed E-state index contributed by atoms with van der Waals surface area (Å²) < 4.78 is 39.7. The van der Waals surface area contributed by atoms with Crippen LogP contribution in [0.2, 0.25) is 5.02 Å². The van der Waals surface area contributed by atoms with Crippen LogP contribution < -0.4 is 10.6 Å². The first-order valence-corrected chi connectivity index (χ1v) is 7.03. The second-order valence-electron chi connectivity index (χ2n) is 4.67. The Morgan fingerprint density at radius 2 is 1.75 bits per heavy atom. The summed E-state index contributed by atoms with van der Waals surface area (Å²) >= 11 is 5.70. The molecule has 0 saturated heterocycles. The minimum absolute atomic E-state index is 0.000164. The molecule has 0 aliphatic heterocycles. The lowest BCUT2D eigenvalue weighted by molar-refractivity contribution is 0.586. The molecule has 3 aromatic rings. The van der Waals surface area contributed by atoms with Gasteiger partial charge in [-0.2, -0.15) is 10.1 Å². The van der Waals surface area contributed by atoms with Crippen LogP contribution in [0.4, 0.5) is 36.3 Å². The van der Waals surface area contributed by atoms with Crippen molar-refractivity contribution >= 4 is 34.7 Å². The summed E-state index contributed by atoms with van der Waals surface area (Å²) in [5.41, 5.74) is 0.487. The molecular weight excluding hydrogens is 343 g/mol. The number of anilines is 4. The molecule has 0 radical (unpaired) electrons. The predicted octanol–water partition coefficient (Wildman–Crippen LogP) is 4.43. The van der Waals surface area contributed by atoms with Crippen LogP contribution in [-0.2, 0) is 0 Å². The van der Waals surface area contributed by atoms with Crippen LogP contribution in [0.1, 0.15) is 0 Å². The predicted molar refractivity (Wildman–Crippen MR) is 84.2 cm³/mol. The summed E-state index contributed by atoms with van der Waals surface area (Å²) in [5.74, 6) is -1.75. The molecule has 0 amide bonds. The topological polar surface area (TPSA) is 62.7 Å². The number of hydrogen-bond acceptors (Lipinski definition) is 5. The lowest BCUT2D eigenvalue weighted by Crippen LogP contribution is -2.03. The highest BCUT2D eigenvalue weighted by Crippen LogP contribution is 2.23. The first-order chi connectivity index (χ1) is 11.5. The number of hydrogen-bond donors (Lipinski definition) is 2. The minimum atomic E-state index is -0.790. The normalized spacial score (nSPS) is 10.5. The Bertz CT molecular complexity index is 891. The van der Waals surface area contributed by atoms with Crippen LogP contribution in [0.5, 0.6) is 0 Å². The molecule has 0 spiro atoms. The molecule has 1 aromatic heterocycles. The van der Waals surface area contributed by atoms with Crippen molar-refractivity contribution in [3.63, 3.8) is 0 Å². The molecule has 0 unspecified atom stereocenters. The van der Waals surface area contributed by atoms with Gasteiger partial charge in [0.2, 0.25) is 5.95 Å². The third-order valence-corrected chi connectivity index (χ3v) is 3.22. The summed E-state index contributed by atoms with van der Waals surface area (Å²) in [5, 5.41) is 12.8. The Labute approximate surface area is 139 Å². The van der Waals surface area contributed by atoms with Gasteiger partial charge >= 0.3 is 0 Å². The number of halogens is 4. The van der Waals surface area contributed by atoms with Crippen molar-refractivity contribution in [2.24, 2.45) is 0 Å². The fraction of sp³-hybridized carbons (Fsp3) is 0. The first-order valence-electron chi connectivity index (χ1n) is 6.65. The van der Waals surface area contributed by atoms with Gasteiger partial charge in [-0.15, -0.1) is 5.10 Å². The van der Waals surface area contributed by atoms with E-state index in [-0.39, 0.29) is 22.5 Å². The summed E-state index contributed by atoms with van der Waals surface area (Å²) in [6, 6.07) is 7.10. The van der Waals surface area contributed by atoms with E-state index >= 15 is 0 Å². The highest BCUT2D eigenvalue weighted by Gasteiger charge is 2.08. The molecule has 0 saturated carbocycles. The van der Waals surface area contributed by atoms with Crippen LogP contribution >= 0.6 is 11.6 Å². The molecule has 122 valence electrons. The fourth-order valence-electron chi connectivity index (χ4n) is 1.85. The molecular formula is C15H9ClF3N5. The highest BCUT2D eigenvalue weighted by atomic mass is 35.5. The van der Waals surface area contributed by atoms with E-state index in [1.54, 1.807) is 0 Å². The zero-order valence-electron chi connectivity index (χ0n) is 11.9. The smallest absolute Gasteiger partial charge is 0.249 e. The molecule has 0 bridgehead atoms. The van der Waals surface area contributed by atoms with Crippen molar-refractivity contribution in [3.8, 4) is 0 Å². The van der Waals surface area contributed by atoms with Gasteiger partial charge in [0, 0.05) is 11.8 Å². The Balaban J connectivity index is 1.79. The van der Waals surface area contributed by atoms with Gasteiger partial charge in [0.25, 0.3) is 0 Å². The van der Waals surface area contributed by atoms with E-state index in [0.29, 0.717) is 5.69 Å². The van der Waals surface area contributed by atoms with Gasteiger partial charge < -0.3 is 10.6 Å². The zero-order chi connectivity index (χ0) is 17.1. The maximum absolute atomic E-state index is 13.6. The summed E-state index contributed by atoms with van der Waals surface area (Å²) in [6.45, 7) is 0. The molecule has 2 N–H and O–H groups in total. The van der Waals surface area contributed by atoms with Crippen LogP contribution in [0.3, 0.4) is 0 Å². The van der Waals surface area contributed by atoms with Crippen molar-refractivity contribution in [2.45, 2.75) is 0 Å². The maximum atomic E-state index is 13.6. The number of nitrogens with one attached hydrogen (secondary N) is 2. The molecule has 2 aromatic carbocycles. The third-order valence-electron chi connectivity index (χ3n) is 2.93. The first kappa shape index (κ1) is 16.0. The van der Waals surface area contributed by atoms with Gasteiger partial charge in [-0.05, 0) is 30.3 Å². The largest absolute Gasteiger partial charge is 0.339 e. The molecule has 0 aliphatic carbocycles. The van der Waals surface area contributed by atoms with Gasteiger partial charge in [-0.25, -0.2) is 13.2 Å². The molecule has 24 heavy (non-hydrogen) atoms. The number of rotatable bonds is 4. The Kier molecular flexibility index (Phi) is 4.48. The SMILES string of the molecule is Fc1ccc(Nc2nncc(Nc3ccc(F)c(Cl)c3)n2)c(F)c1. The summed E-state index contributed by atoms with van der Waals surface area (Å²) in [7, 11) is 0. The maximum Gasteiger partial charge on any atom is 0.249 e. The zero-order valence-corrected chi connectivity index (χ0v) is 12.7. The van der Waals surface area contributed by atoms with Crippen molar-refractivity contribution in [3.05, 3.63) is 65.1 Å². The van der Waals surface area contributed by atoms with E-state index in [4.69, 9.17) is 11.6 Å². The van der Waals surface area contributed by atoms with E-state index in [2.05, 4.69) is 25.8 Å². The van der Waals surface area contributed by atoms with Gasteiger partial charge in [-0.3, -0.25) is 0 Å². The molecule has 0 atom stereocenters. The molecule has 3 rings (SSSR count). The van der Waals surface area contributed by atoms with Gasteiger partial charge in [0.05, 0.1) is 16.9 Å². The van der Waals surface area contributed by atoms with E-state index in [0.717, 1.165) is 12.1 Å². The van der Waals surface area contributed by atoms with E-state index in [1.807, 2.05) is 0 Å². The van der Waals surface area contributed by atoms with E-state index < -0.39 is 17.5 Å². The second kappa shape index (κ2) is 6.71. The fourth-order valence-corrected chi connectivity index (χ4v) is 2.03. The highest BCUT2D eigenvalue weighted by molar-refractivity contribution is 6.31. The third kappa shape index (κ3) is 3.72. The van der Waals surface area contributed by atoms with Crippen LogP contribution in [0, 0.1) is 17.5 Å².